The van der Waals surface area contributed by atoms with Crippen LogP contribution in [0.25, 0.3) is 22.1 Å². The molecule has 0 unspecified atom stereocenters. The van der Waals surface area contributed by atoms with E-state index in [0.717, 1.165) is 58.5 Å². The molecular weight excluding hydrogens is 390 g/mol. The Labute approximate surface area is 180 Å². The average molecular weight is 418 g/mol. The van der Waals surface area contributed by atoms with Crippen molar-refractivity contribution < 1.29 is 4.79 Å². The van der Waals surface area contributed by atoms with Crippen LogP contribution in [0.1, 0.15) is 55.4 Å². The molecule has 8 nitrogen and oxygen atoms in total. The van der Waals surface area contributed by atoms with Crippen LogP contribution in [-0.4, -0.2) is 31.7 Å². The highest BCUT2D eigenvalue weighted by Gasteiger charge is 2.10. The summed E-state index contributed by atoms with van der Waals surface area (Å²) in [5, 5.41) is 10.6. The second-order valence-electron chi connectivity index (χ2n) is 7.77. The van der Waals surface area contributed by atoms with Crippen LogP contribution in [0.3, 0.4) is 0 Å². The number of rotatable bonds is 9. The first-order chi connectivity index (χ1) is 15.0. The van der Waals surface area contributed by atoms with Gasteiger partial charge in [-0.25, -0.2) is 9.97 Å². The lowest BCUT2D eigenvalue weighted by atomic mass is 10.2. The third-order valence-corrected chi connectivity index (χ3v) is 5.27. The number of hydrogen-bond donors (Lipinski definition) is 5. The molecule has 0 aliphatic carbocycles. The van der Waals surface area contributed by atoms with E-state index in [-0.39, 0.29) is 11.7 Å². The zero-order valence-electron chi connectivity index (χ0n) is 17.6. The summed E-state index contributed by atoms with van der Waals surface area (Å²) >= 11 is 0. The minimum Gasteiger partial charge on any atom is -0.384 e. The Morgan fingerprint density at radius 2 is 1.71 bits per heavy atom. The number of nitrogen functional groups attached to an aromatic ring is 1. The molecule has 0 saturated heterocycles. The van der Waals surface area contributed by atoms with Crippen LogP contribution in [-0.2, 0) is 17.8 Å². The van der Waals surface area contributed by atoms with Crippen molar-refractivity contribution in [3.63, 3.8) is 0 Å². The molecular formula is C23H27N7O. The van der Waals surface area contributed by atoms with Crippen molar-refractivity contribution in [1.82, 2.24) is 25.3 Å². The number of nitrogens with one attached hydrogen (secondary N) is 4. The van der Waals surface area contributed by atoms with Gasteiger partial charge in [-0.05, 0) is 42.3 Å². The lowest BCUT2D eigenvalue weighted by Crippen LogP contribution is -2.22. The van der Waals surface area contributed by atoms with Crippen molar-refractivity contribution in [3.8, 4) is 0 Å². The molecule has 0 bridgehead atoms. The van der Waals surface area contributed by atoms with Gasteiger partial charge in [-0.1, -0.05) is 25.8 Å². The third kappa shape index (κ3) is 4.91. The van der Waals surface area contributed by atoms with E-state index in [1.165, 1.54) is 0 Å². The number of carbonyl (C=O) groups excluding carboxylic acids is 1. The fourth-order valence-corrected chi connectivity index (χ4v) is 3.60. The zero-order chi connectivity index (χ0) is 21.8. The lowest BCUT2D eigenvalue weighted by Gasteiger charge is -2.05. The van der Waals surface area contributed by atoms with Gasteiger partial charge in [0.2, 0.25) is 5.91 Å². The Hall–Kier alpha value is -3.68. The van der Waals surface area contributed by atoms with E-state index < -0.39 is 0 Å². The van der Waals surface area contributed by atoms with Crippen LogP contribution in [0, 0.1) is 5.41 Å². The number of hydrogen-bond acceptors (Lipinski definition) is 4. The van der Waals surface area contributed by atoms with Crippen molar-refractivity contribution in [2.24, 2.45) is 5.73 Å². The summed E-state index contributed by atoms with van der Waals surface area (Å²) in [5.74, 6) is 1.72. The summed E-state index contributed by atoms with van der Waals surface area (Å²) in [6, 6.07) is 11.5. The number of nitrogens with zero attached hydrogens (tertiary/aromatic N) is 2. The van der Waals surface area contributed by atoms with Crippen molar-refractivity contribution in [3.05, 3.63) is 59.2 Å². The summed E-state index contributed by atoms with van der Waals surface area (Å²) in [4.78, 5) is 27.8. The number of imidazole rings is 2. The number of nitrogens with two attached hydrogens (primary N) is 1. The van der Waals surface area contributed by atoms with E-state index in [0.29, 0.717) is 24.9 Å². The minimum atomic E-state index is 0.0308. The monoisotopic (exact) mass is 417 g/mol. The molecule has 1 amide bonds. The van der Waals surface area contributed by atoms with Crippen molar-refractivity contribution in [2.75, 3.05) is 0 Å². The second kappa shape index (κ2) is 8.99. The van der Waals surface area contributed by atoms with Crippen molar-refractivity contribution in [1.29, 1.82) is 5.41 Å². The highest BCUT2D eigenvalue weighted by Crippen LogP contribution is 2.18. The van der Waals surface area contributed by atoms with Gasteiger partial charge < -0.3 is 21.0 Å². The Morgan fingerprint density at radius 1 is 1.03 bits per heavy atom. The topological polar surface area (TPSA) is 136 Å². The molecule has 0 saturated carbocycles. The summed E-state index contributed by atoms with van der Waals surface area (Å²) in [6.45, 7) is 2.64. The molecule has 4 rings (SSSR count). The first-order valence-corrected chi connectivity index (χ1v) is 10.6. The molecule has 0 aliphatic heterocycles. The highest BCUT2D eigenvalue weighted by atomic mass is 16.1. The Bertz CT molecular complexity index is 1240. The number of amides is 1. The van der Waals surface area contributed by atoms with E-state index in [2.05, 4.69) is 32.2 Å². The van der Waals surface area contributed by atoms with E-state index >= 15 is 0 Å². The van der Waals surface area contributed by atoms with Gasteiger partial charge in [0, 0.05) is 18.5 Å². The molecule has 2 aromatic heterocycles. The molecule has 4 aromatic rings. The molecule has 8 heteroatoms. The maximum absolute atomic E-state index is 11.9. The third-order valence-electron chi connectivity index (χ3n) is 5.27. The molecule has 2 aromatic carbocycles. The molecule has 31 heavy (non-hydrogen) atoms. The van der Waals surface area contributed by atoms with E-state index in [1.54, 1.807) is 6.07 Å². The quantitative estimate of drug-likeness (QED) is 0.162. The Kier molecular flexibility index (Phi) is 5.97. The molecule has 2 heterocycles. The number of aromatic nitrogens is 4. The van der Waals surface area contributed by atoms with Crippen LogP contribution >= 0.6 is 0 Å². The van der Waals surface area contributed by atoms with Crippen LogP contribution in [0.4, 0.5) is 0 Å². The van der Waals surface area contributed by atoms with Crippen molar-refractivity contribution >= 4 is 33.8 Å². The van der Waals surface area contributed by atoms with Gasteiger partial charge in [0.25, 0.3) is 0 Å². The Balaban J connectivity index is 1.44. The first-order valence-electron chi connectivity index (χ1n) is 10.6. The number of amidine groups is 1. The molecule has 0 fully saturated rings. The normalized spacial score (nSPS) is 11.3. The van der Waals surface area contributed by atoms with Gasteiger partial charge in [0.1, 0.15) is 17.5 Å². The number of unbranched alkanes of at least 4 members (excludes halogenated alkanes) is 2. The molecule has 6 N–H and O–H groups in total. The number of H-pyrrole nitrogens is 2. The predicted octanol–water partition coefficient (Wildman–Crippen LogP) is 3.51. The van der Waals surface area contributed by atoms with Gasteiger partial charge in [-0.15, -0.1) is 0 Å². The smallest absolute Gasteiger partial charge is 0.220 e. The minimum absolute atomic E-state index is 0.0308. The first kappa shape index (κ1) is 20.6. The van der Waals surface area contributed by atoms with Gasteiger partial charge >= 0.3 is 0 Å². The fourth-order valence-electron chi connectivity index (χ4n) is 3.60. The summed E-state index contributed by atoms with van der Waals surface area (Å²) in [7, 11) is 0. The van der Waals surface area contributed by atoms with E-state index in [1.807, 2.05) is 30.3 Å². The maximum atomic E-state index is 11.9. The second-order valence-corrected chi connectivity index (χ2v) is 7.77. The highest BCUT2D eigenvalue weighted by molar-refractivity contribution is 5.97. The molecule has 160 valence electrons. The van der Waals surface area contributed by atoms with Gasteiger partial charge in [-0.3, -0.25) is 10.2 Å². The summed E-state index contributed by atoms with van der Waals surface area (Å²) in [5.41, 5.74) is 10.7. The van der Waals surface area contributed by atoms with Crippen LogP contribution in [0.2, 0.25) is 0 Å². The zero-order valence-corrected chi connectivity index (χ0v) is 17.6. The van der Waals surface area contributed by atoms with E-state index in [4.69, 9.17) is 11.1 Å². The fraction of sp³-hybridized carbons (Fsp3) is 0.304. The van der Waals surface area contributed by atoms with Crippen molar-refractivity contribution in [2.45, 2.75) is 45.6 Å². The summed E-state index contributed by atoms with van der Waals surface area (Å²) in [6.07, 6.45) is 4.24. The van der Waals surface area contributed by atoms with Crippen LogP contribution in [0.5, 0.6) is 0 Å². The standard InChI is InChI=1S/C23H27N7O/c1-2-3-4-5-22(31)26-13-14-6-8-16-18(10-14)29-20(27-16)12-21-28-17-9-7-15(23(24)25)11-19(17)30-21/h6-11H,2-5,12-13H2,1H3,(H3,24,25)(H,26,31)(H,27,29)(H,28,30). The number of fused-ring (bicyclic) bond motifs is 2. The average Bonchev–Trinajstić information content (AvgIpc) is 3.34. The molecule has 0 spiro atoms. The number of benzene rings is 2. The Morgan fingerprint density at radius 3 is 2.39 bits per heavy atom. The maximum Gasteiger partial charge on any atom is 0.220 e. The number of carbonyl (C=O) groups is 1. The van der Waals surface area contributed by atoms with Gasteiger partial charge in [0.05, 0.1) is 28.5 Å². The SMILES string of the molecule is CCCCCC(=O)NCc1ccc2nc(Cc3nc4ccc(C(=N)N)cc4[nH]3)[nH]c2c1. The molecule has 0 aliphatic rings. The van der Waals surface area contributed by atoms with Gasteiger partial charge in [0.15, 0.2) is 0 Å². The number of aromatic amines is 2. The van der Waals surface area contributed by atoms with Crippen LogP contribution in [0.15, 0.2) is 36.4 Å². The largest absolute Gasteiger partial charge is 0.384 e. The summed E-state index contributed by atoms with van der Waals surface area (Å²) < 4.78 is 0. The predicted molar refractivity (Wildman–Crippen MR) is 122 cm³/mol. The molecule has 0 atom stereocenters. The van der Waals surface area contributed by atoms with Crippen LogP contribution < -0.4 is 11.1 Å². The van der Waals surface area contributed by atoms with Gasteiger partial charge in [-0.2, -0.15) is 0 Å². The van der Waals surface area contributed by atoms with E-state index in [9.17, 15) is 4.79 Å². The lowest BCUT2D eigenvalue weighted by molar-refractivity contribution is -0.121. The molecule has 0 radical (unpaired) electrons.